The number of amides is 3. The molecule has 10 nitrogen and oxygen atoms in total. The van der Waals surface area contributed by atoms with Gasteiger partial charge in [-0.3, -0.25) is 19.1 Å². The molecular weight excluding hydrogens is 546 g/mol. The number of rotatable bonds is 5. The number of hydrogen-bond donors (Lipinski definition) is 1. The zero-order valence-corrected chi connectivity index (χ0v) is 23.2. The van der Waals surface area contributed by atoms with E-state index in [9.17, 15) is 23.2 Å². The van der Waals surface area contributed by atoms with Crippen molar-refractivity contribution in [3.05, 3.63) is 45.7 Å². The molecule has 0 bridgehead atoms. The third-order valence-electron chi connectivity index (χ3n) is 8.08. The van der Waals surface area contributed by atoms with E-state index in [-0.39, 0.29) is 62.7 Å². The lowest BCUT2D eigenvalue weighted by molar-refractivity contribution is -0.135. The monoisotopic (exact) mass is 578 g/mol. The fourth-order valence-electron chi connectivity index (χ4n) is 5.72. The van der Waals surface area contributed by atoms with Crippen molar-refractivity contribution in [1.82, 2.24) is 24.5 Å². The number of aliphatic hydroxyl groups is 1. The summed E-state index contributed by atoms with van der Waals surface area (Å²) in [5.74, 6) is -4.04. The Kier molecular flexibility index (Phi) is 8.01. The van der Waals surface area contributed by atoms with E-state index in [1.165, 1.54) is 14.5 Å². The summed E-state index contributed by atoms with van der Waals surface area (Å²) in [5.41, 5.74) is 2.67. The van der Waals surface area contributed by atoms with Gasteiger partial charge < -0.3 is 24.7 Å². The molecule has 1 aromatic heterocycles. The molecule has 1 N–H and O–H groups in total. The van der Waals surface area contributed by atoms with Crippen molar-refractivity contribution in [2.75, 3.05) is 63.9 Å². The van der Waals surface area contributed by atoms with Crippen LogP contribution in [0.25, 0.3) is 0 Å². The van der Waals surface area contributed by atoms with Crippen LogP contribution in [-0.2, 0) is 29.0 Å². The molecule has 3 amide bonds. The Bertz CT molecular complexity index is 1300. The van der Waals surface area contributed by atoms with Gasteiger partial charge in [-0.15, -0.1) is 0 Å². The number of anilines is 1. The van der Waals surface area contributed by atoms with Gasteiger partial charge in [-0.2, -0.15) is 5.10 Å². The molecule has 1 aliphatic carbocycles. The van der Waals surface area contributed by atoms with E-state index in [4.69, 9.17) is 16.7 Å². The van der Waals surface area contributed by atoms with E-state index >= 15 is 0 Å². The molecule has 3 aliphatic rings. The van der Waals surface area contributed by atoms with E-state index in [1.54, 1.807) is 4.90 Å². The highest BCUT2D eigenvalue weighted by Gasteiger charge is 2.41. The van der Waals surface area contributed by atoms with Crippen LogP contribution >= 0.6 is 11.6 Å². The Hall–Kier alpha value is -3.25. The number of halogens is 3. The minimum Gasteiger partial charge on any atom is -0.387 e. The highest BCUT2D eigenvalue weighted by molar-refractivity contribution is 6.31. The van der Waals surface area contributed by atoms with Crippen molar-refractivity contribution in [2.45, 2.75) is 38.7 Å². The van der Waals surface area contributed by atoms with E-state index in [0.717, 1.165) is 11.3 Å². The summed E-state index contributed by atoms with van der Waals surface area (Å²) in [4.78, 5) is 45.3. The van der Waals surface area contributed by atoms with Gasteiger partial charge in [0, 0.05) is 87.2 Å². The van der Waals surface area contributed by atoms with E-state index in [2.05, 4.69) is 10.00 Å². The van der Waals surface area contributed by atoms with Crippen LogP contribution in [0, 0.1) is 6.92 Å². The van der Waals surface area contributed by atoms with Gasteiger partial charge in [0.15, 0.2) is 5.69 Å². The Morgan fingerprint density at radius 1 is 0.975 bits per heavy atom. The van der Waals surface area contributed by atoms with Crippen LogP contribution in [0.3, 0.4) is 0 Å². The van der Waals surface area contributed by atoms with Crippen molar-refractivity contribution in [3.8, 4) is 0 Å². The molecule has 1 aromatic carbocycles. The maximum absolute atomic E-state index is 14.4. The van der Waals surface area contributed by atoms with Gasteiger partial charge in [0.05, 0.1) is 0 Å². The van der Waals surface area contributed by atoms with E-state index in [0.29, 0.717) is 36.9 Å². The second-order valence-corrected chi connectivity index (χ2v) is 11.0. The fourth-order valence-corrected chi connectivity index (χ4v) is 5.89. The molecule has 0 unspecified atom stereocenters. The molecule has 2 aliphatic heterocycles. The van der Waals surface area contributed by atoms with Crippen molar-refractivity contribution >= 4 is 35.0 Å². The molecule has 13 heteroatoms. The zero-order chi connectivity index (χ0) is 28.6. The molecule has 2 saturated heterocycles. The van der Waals surface area contributed by atoms with Crippen molar-refractivity contribution < 1.29 is 28.3 Å². The number of carbonyl (C=O) groups is 3. The number of carbonyl (C=O) groups excluding carboxylic acids is 3. The first-order chi connectivity index (χ1) is 19.1. The molecule has 2 fully saturated rings. The van der Waals surface area contributed by atoms with Gasteiger partial charge in [0.1, 0.15) is 13.2 Å². The van der Waals surface area contributed by atoms with Gasteiger partial charge in [-0.1, -0.05) is 17.7 Å². The molecule has 2 aromatic rings. The van der Waals surface area contributed by atoms with Crippen LogP contribution in [0.15, 0.2) is 18.2 Å². The van der Waals surface area contributed by atoms with Crippen LogP contribution in [0.5, 0.6) is 0 Å². The van der Waals surface area contributed by atoms with Crippen LogP contribution in [0.1, 0.15) is 33.7 Å². The predicted molar refractivity (Wildman–Crippen MR) is 144 cm³/mol. The van der Waals surface area contributed by atoms with Crippen molar-refractivity contribution in [1.29, 1.82) is 0 Å². The van der Waals surface area contributed by atoms with Crippen molar-refractivity contribution in [3.63, 3.8) is 0 Å². The highest BCUT2D eigenvalue weighted by Crippen LogP contribution is 2.35. The lowest BCUT2D eigenvalue weighted by atomic mass is 9.92. The summed E-state index contributed by atoms with van der Waals surface area (Å²) in [6.45, 7) is 4.37. The third-order valence-corrected chi connectivity index (χ3v) is 8.49. The Morgan fingerprint density at radius 2 is 1.60 bits per heavy atom. The number of alkyl halides is 2. The fraction of sp³-hybridized carbons (Fsp3) is 0.556. The normalized spacial score (nSPS) is 19.0. The SMILES string of the molecule is Cc1c(Cl)cccc1N1CCN(C(=O)Cn2nc(C(=O)N3CCN(C(=O)CO)CC3)c3c2CCC(F)(F)C3)CC1. The number of nitrogens with zero attached hydrogens (tertiary/aromatic N) is 6. The number of aromatic nitrogens is 2. The quantitative estimate of drug-likeness (QED) is 0.578. The Balaban J connectivity index is 1.29. The van der Waals surface area contributed by atoms with Crippen LogP contribution in [0.2, 0.25) is 5.02 Å². The minimum absolute atomic E-state index is 0.0243. The molecule has 3 heterocycles. The molecule has 0 spiro atoms. The van der Waals surface area contributed by atoms with Crippen LogP contribution in [0.4, 0.5) is 14.5 Å². The van der Waals surface area contributed by atoms with Gasteiger partial charge in [0.25, 0.3) is 11.8 Å². The molecule has 40 heavy (non-hydrogen) atoms. The highest BCUT2D eigenvalue weighted by atomic mass is 35.5. The number of fused-ring (bicyclic) bond motifs is 1. The number of aliphatic hydroxyl groups excluding tert-OH is 1. The first kappa shape index (κ1) is 28.3. The predicted octanol–water partition coefficient (Wildman–Crippen LogP) is 1.59. The average molecular weight is 579 g/mol. The van der Waals surface area contributed by atoms with Gasteiger partial charge in [0.2, 0.25) is 11.8 Å². The summed E-state index contributed by atoms with van der Waals surface area (Å²) in [7, 11) is 0. The second-order valence-electron chi connectivity index (χ2n) is 10.5. The van der Waals surface area contributed by atoms with Gasteiger partial charge in [-0.05, 0) is 31.0 Å². The second kappa shape index (κ2) is 11.3. The standard InChI is InChI=1S/C27H33ClF2N6O4/c1-18-20(28)3-2-4-21(18)32-7-9-33(10-8-32)23(38)16-36-22-5-6-27(29,30)15-19(22)25(31-36)26(40)35-13-11-34(12-14-35)24(39)17-37/h2-4,37H,5-17H2,1H3. The van der Waals surface area contributed by atoms with E-state index in [1.807, 2.05) is 25.1 Å². The number of piperazine rings is 2. The van der Waals surface area contributed by atoms with Crippen LogP contribution in [-0.4, -0.2) is 112 Å². The van der Waals surface area contributed by atoms with Gasteiger partial charge >= 0.3 is 0 Å². The maximum Gasteiger partial charge on any atom is 0.274 e. The molecular formula is C27H33ClF2N6O4. The summed E-state index contributed by atoms with van der Waals surface area (Å²) in [5, 5.41) is 14.2. The maximum atomic E-state index is 14.4. The molecule has 0 atom stereocenters. The minimum atomic E-state index is -2.96. The third kappa shape index (κ3) is 5.64. The lowest BCUT2D eigenvalue weighted by Crippen LogP contribution is -2.51. The first-order valence-corrected chi connectivity index (χ1v) is 13.9. The van der Waals surface area contributed by atoms with Crippen molar-refractivity contribution in [2.24, 2.45) is 0 Å². The first-order valence-electron chi connectivity index (χ1n) is 13.5. The van der Waals surface area contributed by atoms with Crippen LogP contribution < -0.4 is 4.90 Å². The summed E-state index contributed by atoms with van der Waals surface area (Å²) < 4.78 is 30.3. The summed E-state index contributed by atoms with van der Waals surface area (Å²) >= 11 is 6.28. The largest absolute Gasteiger partial charge is 0.387 e. The Labute approximate surface area is 236 Å². The number of hydrogen-bond acceptors (Lipinski definition) is 6. The van der Waals surface area contributed by atoms with Gasteiger partial charge in [-0.25, -0.2) is 8.78 Å². The smallest absolute Gasteiger partial charge is 0.274 e. The Morgan fingerprint density at radius 3 is 2.27 bits per heavy atom. The average Bonchev–Trinajstić information content (AvgIpc) is 3.29. The molecule has 0 radical (unpaired) electrons. The molecule has 0 saturated carbocycles. The molecule has 216 valence electrons. The number of benzene rings is 1. The topological polar surface area (TPSA) is 102 Å². The lowest BCUT2D eigenvalue weighted by Gasteiger charge is -2.37. The molecule has 5 rings (SSSR count). The van der Waals surface area contributed by atoms with E-state index < -0.39 is 30.8 Å². The zero-order valence-electron chi connectivity index (χ0n) is 22.4. The summed E-state index contributed by atoms with van der Waals surface area (Å²) in [6, 6.07) is 5.76. The summed E-state index contributed by atoms with van der Waals surface area (Å²) in [6.07, 6.45) is -0.943.